The molecule has 2 aromatic rings. The molecule has 1 atom stereocenters. The summed E-state index contributed by atoms with van der Waals surface area (Å²) in [5, 5.41) is 5.14. The van der Waals surface area contributed by atoms with Gasteiger partial charge in [0.05, 0.1) is 12.6 Å². The van der Waals surface area contributed by atoms with Gasteiger partial charge in [0.15, 0.2) is 5.82 Å². The molecule has 8 nitrogen and oxygen atoms in total. The minimum atomic E-state index is -2.68. The molecule has 0 aliphatic carbocycles. The van der Waals surface area contributed by atoms with Crippen LogP contribution in [-0.4, -0.2) is 60.2 Å². The Labute approximate surface area is 222 Å². The van der Waals surface area contributed by atoms with Crippen LogP contribution < -0.4 is 10.6 Å². The van der Waals surface area contributed by atoms with Gasteiger partial charge in [-0.3, -0.25) is 14.5 Å². The quantitative estimate of drug-likeness (QED) is 0.570. The molecular formula is C28H36F2N6O2. The van der Waals surface area contributed by atoms with Crippen LogP contribution in [0.4, 0.5) is 20.3 Å². The maximum atomic E-state index is 14.4. The fourth-order valence-electron chi connectivity index (χ4n) is 5.99. The molecule has 38 heavy (non-hydrogen) atoms. The van der Waals surface area contributed by atoms with Crippen molar-refractivity contribution < 1.29 is 18.3 Å². The van der Waals surface area contributed by atoms with Gasteiger partial charge in [0.2, 0.25) is 5.91 Å². The summed E-state index contributed by atoms with van der Waals surface area (Å²) in [5.74, 6) is 0.964. The second kappa shape index (κ2) is 10.8. The van der Waals surface area contributed by atoms with Gasteiger partial charge < -0.3 is 20.3 Å². The normalized spacial score (nSPS) is 20.8. The summed E-state index contributed by atoms with van der Waals surface area (Å²) in [5.41, 5.74) is 10.5. The molecule has 1 amide bonds. The number of nitrogens with zero attached hydrogens (tertiary/aromatic N) is 5. The second-order valence-corrected chi connectivity index (χ2v) is 10.4. The van der Waals surface area contributed by atoms with Crippen molar-refractivity contribution in [3.63, 3.8) is 0 Å². The van der Waals surface area contributed by atoms with Crippen LogP contribution in [0, 0.1) is 0 Å². The molecule has 0 bridgehead atoms. The number of aromatic nitrogens is 2. The molecule has 3 aliphatic rings. The number of allylic oxidation sites excluding steroid dienone is 1. The Kier molecular flexibility index (Phi) is 7.52. The SMILES string of the molecule is CN=CC(=CN)c1cc2c(cc1C(F)F)N(c1nn(C3CCOCC3)c3c1CN(C(C)=O)CC3)CC[C@@H]2C. The highest BCUT2D eigenvalue weighted by Crippen LogP contribution is 2.45. The smallest absolute Gasteiger partial charge is 0.264 e. The van der Waals surface area contributed by atoms with E-state index in [1.54, 1.807) is 20.0 Å². The number of anilines is 2. The third-order valence-corrected chi connectivity index (χ3v) is 8.10. The molecule has 1 aromatic heterocycles. The highest BCUT2D eigenvalue weighted by atomic mass is 19.3. The zero-order valence-corrected chi connectivity index (χ0v) is 22.3. The first-order valence-corrected chi connectivity index (χ1v) is 13.4. The molecule has 0 saturated carbocycles. The monoisotopic (exact) mass is 526 g/mol. The van der Waals surface area contributed by atoms with E-state index in [-0.39, 0.29) is 23.4 Å². The summed E-state index contributed by atoms with van der Waals surface area (Å²) < 4.78 is 36.6. The van der Waals surface area contributed by atoms with E-state index >= 15 is 0 Å². The van der Waals surface area contributed by atoms with Gasteiger partial charge in [0, 0.05) is 87.2 Å². The predicted molar refractivity (Wildman–Crippen MR) is 144 cm³/mol. The number of ether oxygens (including phenoxy) is 1. The van der Waals surface area contributed by atoms with E-state index in [4.69, 9.17) is 15.6 Å². The minimum absolute atomic E-state index is 0.0244. The van der Waals surface area contributed by atoms with E-state index in [9.17, 15) is 13.6 Å². The van der Waals surface area contributed by atoms with E-state index in [0.717, 1.165) is 54.0 Å². The molecule has 1 saturated heterocycles. The van der Waals surface area contributed by atoms with Crippen molar-refractivity contribution in [1.82, 2.24) is 14.7 Å². The van der Waals surface area contributed by atoms with Crippen molar-refractivity contribution in [3.05, 3.63) is 46.3 Å². The number of aliphatic imine (C=N–C) groups is 1. The van der Waals surface area contributed by atoms with E-state index in [0.29, 0.717) is 44.0 Å². The van der Waals surface area contributed by atoms with Gasteiger partial charge in [-0.25, -0.2) is 8.78 Å². The number of hydrogen-bond donors (Lipinski definition) is 1. The lowest BCUT2D eigenvalue weighted by Crippen LogP contribution is -2.36. The van der Waals surface area contributed by atoms with E-state index < -0.39 is 6.43 Å². The van der Waals surface area contributed by atoms with Crippen molar-refractivity contribution in [1.29, 1.82) is 0 Å². The van der Waals surface area contributed by atoms with Gasteiger partial charge in [-0.15, -0.1) is 0 Å². The van der Waals surface area contributed by atoms with Crippen molar-refractivity contribution >= 4 is 29.2 Å². The molecule has 1 aromatic carbocycles. The fourth-order valence-corrected chi connectivity index (χ4v) is 5.99. The summed E-state index contributed by atoms with van der Waals surface area (Å²) in [6.07, 6.45) is 3.48. The molecule has 2 N–H and O–H groups in total. The van der Waals surface area contributed by atoms with Crippen molar-refractivity contribution in [2.75, 3.05) is 38.3 Å². The number of carbonyl (C=O) groups is 1. The van der Waals surface area contributed by atoms with E-state index in [2.05, 4.69) is 21.5 Å². The van der Waals surface area contributed by atoms with Crippen LogP contribution in [0.5, 0.6) is 0 Å². The largest absolute Gasteiger partial charge is 0.404 e. The number of hydrogen-bond acceptors (Lipinski definition) is 6. The molecule has 0 radical (unpaired) electrons. The topological polar surface area (TPSA) is 89.0 Å². The maximum Gasteiger partial charge on any atom is 0.264 e. The first-order chi connectivity index (χ1) is 18.3. The zero-order valence-electron chi connectivity index (χ0n) is 22.3. The molecule has 0 unspecified atom stereocenters. The summed E-state index contributed by atoms with van der Waals surface area (Å²) >= 11 is 0. The first kappa shape index (κ1) is 26.3. The Balaban J connectivity index is 1.66. The van der Waals surface area contributed by atoms with Crippen LogP contribution >= 0.6 is 0 Å². The average Bonchev–Trinajstić information content (AvgIpc) is 3.30. The Morgan fingerprint density at radius 2 is 2.00 bits per heavy atom. The molecule has 10 heteroatoms. The lowest BCUT2D eigenvalue weighted by molar-refractivity contribution is -0.129. The average molecular weight is 527 g/mol. The van der Waals surface area contributed by atoms with Crippen molar-refractivity contribution in [2.45, 2.75) is 64.5 Å². The highest BCUT2D eigenvalue weighted by molar-refractivity contribution is 6.10. The van der Waals surface area contributed by atoms with Crippen LogP contribution in [0.2, 0.25) is 0 Å². The summed E-state index contributed by atoms with van der Waals surface area (Å²) in [4.78, 5) is 20.2. The number of benzene rings is 1. The number of nitrogens with two attached hydrogens (primary N) is 1. The predicted octanol–water partition coefficient (Wildman–Crippen LogP) is 4.72. The van der Waals surface area contributed by atoms with Gasteiger partial charge in [0.25, 0.3) is 6.43 Å². The molecule has 5 rings (SSSR count). The fraction of sp³-hybridized carbons (Fsp3) is 0.536. The van der Waals surface area contributed by atoms with Gasteiger partial charge in [-0.1, -0.05) is 6.92 Å². The molecule has 0 spiro atoms. The Morgan fingerprint density at radius 1 is 1.24 bits per heavy atom. The third-order valence-electron chi connectivity index (χ3n) is 8.10. The molecule has 3 aliphatic heterocycles. The second-order valence-electron chi connectivity index (χ2n) is 10.4. The molecular weight excluding hydrogens is 490 g/mol. The number of fused-ring (bicyclic) bond motifs is 2. The van der Waals surface area contributed by atoms with Crippen LogP contribution in [-0.2, 0) is 22.5 Å². The third kappa shape index (κ3) is 4.70. The van der Waals surface area contributed by atoms with Crippen LogP contribution in [0.25, 0.3) is 5.57 Å². The number of amides is 1. The highest BCUT2D eigenvalue weighted by Gasteiger charge is 2.35. The van der Waals surface area contributed by atoms with E-state index in [1.807, 2.05) is 11.0 Å². The lowest BCUT2D eigenvalue weighted by atomic mass is 9.86. The van der Waals surface area contributed by atoms with Crippen LogP contribution in [0.3, 0.4) is 0 Å². The maximum absolute atomic E-state index is 14.4. The molecule has 204 valence electrons. The number of rotatable bonds is 5. The zero-order chi connectivity index (χ0) is 27.0. The summed E-state index contributed by atoms with van der Waals surface area (Å²) in [6, 6.07) is 3.67. The van der Waals surface area contributed by atoms with Crippen LogP contribution in [0.1, 0.15) is 79.4 Å². The van der Waals surface area contributed by atoms with E-state index in [1.165, 1.54) is 12.4 Å². The number of halogens is 2. The van der Waals surface area contributed by atoms with Gasteiger partial charge in [-0.2, -0.15) is 5.10 Å². The Hall–Kier alpha value is -3.27. The van der Waals surface area contributed by atoms with Gasteiger partial charge >= 0.3 is 0 Å². The summed E-state index contributed by atoms with van der Waals surface area (Å²) in [7, 11) is 1.59. The Morgan fingerprint density at radius 3 is 2.66 bits per heavy atom. The molecule has 1 fully saturated rings. The Bertz CT molecular complexity index is 1260. The summed E-state index contributed by atoms with van der Waals surface area (Å²) in [6.45, 7) is 6.87. The first-order valence-electron chi connectivity index (χ1n) is 13.4. The standard InChI is InChI=1S/C28H36F2N6O2/c1-17-4-9-35(26-13-23(27(29)30)22(12-21(17)26)19(14-31)15-32-3)28-24-16-34(18(2)37)8-5-25(24)36(33-28)20-6-10-38-11-7-20/h12-15,17,20,27H,4-11,16,31H2,1-3H3/t17-/m0/s1. The van der Waals surface area contributed by atoms with Crippen LogP contribution in [0.15, 0.2) is 23.3 Å². The van der Waals surface area contributed by atoms with Crippen molar-refractivity contribution in [3.8, 4) is 0 Å². The minimum Gasteiger partial charge on any atom is -0.404 e. The lowest BCUT2D eigenvalue weighted by Gasteiger charge is -2.36. The number of alkyl halides is 2. The molecule has 4 heterocycles. The van der Waals surface area contributed by atoms with Crippen molar-refractivity contribution in [2.24, 2.45) is 10.7 Å². The van der Waals surface area contributed by atoms with Gasteiger partial charge in [-0.05, 0) is 48.4 Å². The number of carbonyl (C=O) groups excluding carboxylic acids is 1. The van der Waals surface area contributed by atoms with Gasteiger partial charge in [0.1, 0.15) is 0 Å².